The van der Waals surface area contributed by atoms with Gasteiger partial charge in [0.1, 0.15) is 4.90 Å². The fourth-order valence-electron chi connectivity index (χ4n) is 1.62. The van der Waals surface area contributed by atoms with Crippen molar-refractivity contribution in [2.45, 2.75) is 38.3 Å². The van der Waals surface area contributed by atoms with Crippen LogP contribution in [0.15, 0.2) is 10.3 Å². The minimum atomic E-state index is -3.51. The highest BCUT2D eigenvalue weighted by Crippen LogP contribution is 2.29. The number of sulfonamides is 1. The van der Waals surface area contributed by atoms with Crippen molar-refractivity contribution < 1.29 is 8.42 Å². The van der Waals surface area contributed by atoms with E-state index in [1.165, 1.54) is 22.7 Å². The Kier molecular flexibility index (Phi) is 5.56. The van der Waals surface area contributed by atoms with Crippen molar-refractivity contribution in [3.8, 4) is 12.3 Å². The smallest absolute Gasteiger partial charge is 0.245 e. The van der Waals surface area contributed by atoms with Gasteiger partial charge in [0, 0.05) is 24.5 Å². The van der Waals surface area contributed by atoms with Gasteiger partial charge in [-0.2, -0.15) is 4.31 Å². The Bertz CT molecular complexity index is 568. The van der Waals surface area contributed by atoms with Crippen LogP contribution in [0.3, 0.4) is 0 Å². The molecule has 0 atom stereocenters. The fraction of sp³-hybridized carbons (Fsp3) is 0.538. The van der Waals surface area contributed by atoms with Gasteiger partial charge in [0.25, 0.3) is 0 Å². The van der Waals surface area contributed by atoms with E-state index >= 15 is 0 Å². The molecule has 0 aliphatic carbocycles. The van der Waals surface area contributed by atoms with E-state index in [0.29, 0.717) is 17.5 Å². The lowest BCUT2D eigenvalue weighted by molar-refractivity contribution is 0.500. The molecule has 0 radical (unpaired) electrons. The number of aryl methyl sites for hydroxylation is 1. The Morgan fingerprint density at radius 1 is 1.53 bits per heavy atom. The number of hydrogen-bond acceptors (Lipinski definition) is 4. The van der Waals surface area contributed by atoms with Crippen LogP contribution in [0.2, 0.25) is 0 Å². The lowest BCUT2D eigenvalue weighted by atomic mass is 10.3. The van der Waals surface area contributed by atoms with E-state index in [0.717, 1.165) is 10.4 Å². The van der Waals surface area contributed by atoms with Crippen LogP contribution in [0.4, 0.5) is 0 Å². The molecule has 1 rings (SSSR count). The molecular weight excluding hydrogens is 280 g/mol. The molecule has 0 aliphatic rings. The van der Waals surface area contributed by atoms with E-state index in [-0.39, 0.29) is 6.54 Å². The molecule has 0 fully saturated rings. The molecule has 6 heteroatoms. The Morgan fingerprint density at radius 2 is 2.16 bits per heavy atom. The van der Waals surface area contributed by atoms with Gasteiger partial charge >= 0.3 is 0 Å². The van der Waals surface area contributed by atoms with E-state index in [9.17, 15) is 8.42 Å². The zero-order valence-electron chi connectivity index (χ0n) is 11.7. The van der Waals surface area contributed by atoms with Gasteiger partial charge in [-0.1, -0.05) is 19.8 Å². The normalized spacial score (nSPS) is 12.1. The molecule has 19 heavy (non-hydrogen) atoms. The van der Waals surface area contributed by atoms with Crippen molar-refractivity contribution >= 4 is 21.4 Å². The zero-order valence-corrected chi connectivity index (χ0v) is 13.4. The van der Waals surface area contributed by atoms with E-state index in [1.807, 2.05) is 26.2 Å². The largest absolute Gasteiger partial charge is 0.310 e. The molecule has 0 aromatic carbocycles. The molecule has 0 saturated carbocycles. The Balaban J connectivity index is 3.12. The third kappa shape index (κ3) is 3.80. The van der Waals surface area contributed by atoms with Crippen molar-refractivity contribution in [2.75, 3.05) is 13.6 Å². The lowest BCUT2D eigenvalue weighted by Gasteiger charge is -2.16. The number of rotatable bonds is 6. The summed E-state index contributed by atoms with van der Waals surface area (Å²) in [5.41, 5.74) is 0.773. The van der Waals surface area contributed by atoms with Gasteiger partial charge in [-0.25, -0.2) is 8.42 Å². The van der Waals surface area contributed by atoms with Crippen LogP contribution in [0.25, 0.3) is 0 Å². The van der Waals surface area contributed by atoms with Crippen molar-refractivity contribution in [1.29, 1.82) is 0 Å². The summed E-state index contributed by atoms with van der Waals surface area (Å²) in [5.74, 6) is 2.36. The second-order valence-corrected chi connectivity index (χ2v) is 7.62. The van der Waals surface area contributed by atoms with Crippen LogP contribution in [-0.2, 0) is 16.6 Å². The highest BCUT2D eigenvalue weighted by Gasteiger charge is 2.26. The number of nitrogens with one attached hydrogen (secondary N) is 1. The average Bonchev–Trinajstić information content (AvgIpc) is 2.68. The molecule has 1 aromatic heterocycles. The molecule has 1 N–H and O–H groups in total. The van der Waals surface area contributed by atoms with Crippen molar-refractivity contribution in [2.24, 2.45) is 0 Å². The van der Waals surface area contributed by atoms with Crippen LogP contribution in [0, 0.1) is 19.3 Å². The summed E-state index contributed by atoms with van der Waals surface area (Å²) < 4.78 is 26.2. The van der Waals surface area contributed by atoms with Crippen LogP contribution in [0.5, 0.6) is 0 Å². The highest BCUT2D eigenvalue weighted by molar-refractivity contribution is 7.89. The molecule has 0 spiro atoms. The summed E-state index contributed by atoms with van der Waals surface area (Å²) in [4.78, 5) is 1.22. The molecule has 4 nitrogen and oxygen atoms in total. The van der Waals surface area contributed by atoms with Crippen LogP contribution < -0.4 is 5.32 Å². The van der Waals surface area contributed by atoms with Gasteiger partial charge in [0.05, 0.1) is 6.54 Å². The van der Waals surface area contributed by atoms with Gasteiger partial charge in [-0.3, -0.25) is 0 Å². The summed E-state index contributed by atoms with van der Waals surface area (Å²) >= 11 is 1.46. The standard InChI is InChI=1S/C13H20N2O2S2/c1-6-7-15(5)19(16,17)13-11(4)9-18-12(13)8-14-10(2)3/h1,9-10,14H,7-8H2,2-5H3. The van der Waals surface area contributed by atoms with Gasteiger partial charge in [0.15, 0.2) is 0 Å². The maximum Gasteiger partial charge on any atom is 0.245 e. The van der Waals surface area contributed by atoms with E-state index < -0.39 is 10.0 Å². The van der Waals surface area contributed by atoms with Gasteiger partial charge in [-0.05, 0) is 17.9 Å². The molecule has 0 saturated heterocycles. The van der Waals surface area contributed by atoms with E-state index in [2.05, 4.69) is 11.2 Å². The monoisotopic (exact) mass is 300 g/mol. The first kappa shape index (κ1) is 16.2. The minimum absolute atomic E-state index is 0.0780. The third-order valence-corrected chi connectivity index (χ3v) is 5.91. The highest BCUT2D eigenvalue weighted by atomic mass is 32.2. The number of nitrogens with zero attached hydrogens (tertiary/aromatic N) is 1. The average molecular weight is 300 g/mol. The fourth-order valence-corrected chi connectivity index (χ4v) is 4.41. The summed E-state index contributed by atoms with van der Waals surface area (Å²) in [6.45, 7) is 6.49. The van der Waals surface area contributed by atoms with E-state index in [4.69, 9.17) is 6.42 Å². The second kappa shape index (κ2) is 6.53. The minimum Gasteiger partial charge on any atom is -0.310 e. The molecule has 0 aliphatic heterocycles. The molecule has 1 aromatic rings. The summed E-state index contributed by atoms with van der Waals surface area (Å²) in [6, 6.07) is 0.307. The molecular formula is C13H20N2O2S2. The van der Waals surface area contributed by atoms with Crippen molar-refractivity contribution in [3.05, 3.63) is 15.8 Å². The predicted octanol–water partition coefficient (Wildman–Crippen LogP) is 1.81. The molecule has 106 valence electrons. The Labute approximate surface area is 119 Å². The summed E-state index contributed by atoms with van der Waals surface area (Å²) in [5, 5.41) is 5.11. The maximum absolute atomic E-state index is 12.5. The lowest BCUT2D eigenvalue weighted by Crippen LogP contribution is -2.29. The van der Waals surface area contributed by atoms with Gasteiger partial charge in [0.2, 0.25) is 10.0 Å². The van der Waals surface area contributed by atoms with Crippen molar-refractivity contribution in [1.82, 2.24) is 9.62 Å². The first-order chi connectivity index (χ1) is 8.80. The quantitative estimate of drug-likeness (QED) is 0.815. The molecule has 0 unspecified atom stereocenters. The van der Waals surface area contributed by atoms with E-state index in [1.54, 1.807) is 0 Å². The second-order valence-electron chi connectivity index (χ2n) is 4.67. The SMILES string of the molecule is C#CCN(C)S(=O)(=O)c1c(C)csc1CNC(C)C. The van der Waals surface area contributed by atoms with Gasteiger partial charge in [-0.15, -0.1) is 17.8 Å². The topological polar surface area (TPSA) is 49.4 Å². The number of terminal acetylenes is 1. The van der Waals surface area contributed by atoms with Crippen LogP contribution in [-0.4, -0.2) is 32.4 Å². The predicted molar refractivity (Wildman–Crippen MR) is 79.7 cm³/mol. The van der Waals surface area contributed by atoms with Crippen molar-refractivity contribution in [3.63, 3.8) is 0 Å². The summed E-state index contributed by atoms with van der Waals surface area (Å²) in [6.07, 6.45) is 5.19. The first-order valence-corrected chi connectivity index (χ1v) is 8.32. The molecule has 0 amide bonds. The summed E-state index contributed by atoms with van der Waals surface area (Å²) in [7, 11) is -2.00. The van der Waals surface area contributed by atoms with Crippen LogP contribution >= 0.6 is 11.3 Å². The Hall–Kier alpha value is -0.870. The molecule has 0 bridgehead atoms. The third-order valence-electron chi connectivity index (χ3n) is 2.64. The Morgan fingerprint density at radius 3 is 2.68 bits per heavy atom. The van der Waals surface area contributed by atoms with Gasteiger partial charge < -0.3 is 5.32 Å². The number of thiophene rings is 1. The first-order valence-electron chi connectivity index (χ1n) is 6.00. The zero-order chi connectivity index (χ0) is 14.6. The molecule has 1 heterocycles. The van der Waals surface area contributed by atoms with Crippen LogP contribution in [0.1, 0.15) is 24.3 Å². The maximum atomic E-state index is 12.5. The number of hydrogen-bond donors (Lipinski definition) is 1.